The zero-order chi connectivity index (χ0) is 13.8. The molecular weight excluding hydrogens is 252 g/mol. The van der Waals surface area contributed by atoms with Gasteiger partial charge in [0.2, 0.25) is 11.9 Å². The summed E-state index contributed by atoms with van der Waals surface area (Å²) in [7, 11) is 2.16. The molecule has 3 rings (SSSR count). The molecule has 1 aliphatic heterocycles. The Bertz CT molecular complexity index is 559. The molecule has 0 bridgehead atoms. The average molecular weight is 270 g/mol. The Morgan fingerprint density at radius 2 is 1.95 bits per heavy atom. The molecule has 1 N–H and O–H groups in total. The van der Waals surface area contributed by atoms with Crippen LogP contribution in [0.1, 0.15) is 24.5 Å². The molecule has 0 spiro atoms. The molecule has 0 aliphatic carbocycles. The summed E-state index contributed by atoms with van der Waals surface area (Å²) in [5, 5.41) is 3.04. The van der Waals surface area contributed by atoms with Crippen LogP contribution in [0.2, 0.25) is 0 Å². The van der Waals surface area contributed by atoms with Crippen LogP contribution in [0.5, 0.6) is 0 Å². The van der Waals surface area contributed by atoms with Crippen molar-refractivity contribution in [3.8, 4) is 0 Å². The van der Waals surface area contributed by atoms with Crippen LogP contribution in [0, 0.1) is 0 Å². The van der Waals surface area contributed by atoms with Gasteiger partial charge in [-0.3, -0.25) is 5.32 Å². The van der Waals surface area contributed by atoms with Gasteiger partial charge in [-0.05, 0) is 38.6 Å². The predicted molar refractivity (Wildman–Crippen MR) is 76.8 cm³/mol. The van der Waals surface area contributed by atoms with Crippen molar-refractivity contribution in [2.75, 3.05) is 25.5 Å². The average Bonchev–Trinajstić information content (AvgIpc) is 2.49. The summed E-state index contributed by atoms with van der Waals surface area (Å²) in [5.74, 6) is 1.56. The molecule has 0 unspecified atom stereocenters. The van der Waals surface area contributed by atoms with Gasteiger partial charge in [-0.15, -0.1) is 0 Å². The van der Waals surface area contributed by atoms with Gasteiger partial charge in [0.05, 0.1) is 5.69 Å². The van der Waals surface area contributed by atoms with Gasteiger partial charge in [0, 0.05) is 31.1 Å². The van der Waals surface area contributed by atoms with Crippen molar-refractivity contribution in [3.63, 3.8) is 0 Å². The molecule has 0 radical (unpaired) electrons. The third kappa shape index (κ3) is 3.08. The fraction of sp³-hybridized carbons (Fsp3) is 0.429. The summed E-state index contributed by atoms with van der Waals surface area (Å²) < 4.78 is 0. The Kier molecular flexibility index (Phi) is 3.83. The maximum Gasteiger partial charge on any atom is 0.229 e. The molecule has 1 atom stereocenters. The van der Waals surface area contributed by atoms with Crippen LogP contribution >= 0.6 is 0 Å². The number of likely N-dealkylation sites (tertiary alicyclic amines) is 1. The van der Waals surface area contributed by atoms with Crippen LogP contribution in [0.4, 0.5) is 11.9 Å². The second-order valence-corrected chi connectivity index (χ2v) is 5.10. The van der Waals surface area contributed by atoms with Crippen LogP contribution < -0.4 is 5.32 Å². The molecule has 104 valence electrons. The Hall–Kier alpha value is -2.08. The van der Waals surface area contributed by atoms with E-state index in [1.165, 1.54) is 19.4 Å². The molecule has 6 nitrogen and oxygen atoms in total. The molecule has 2 aromatic heterocycles. The third-order valence-electron chi connectivity index (χ3n) is 3.51. The molecule has 1 saturated heterocycles. The first-order valence-corrected chi connectivity index (χ1v) is 6.87. The summed E-state index contributed by atoms with van der Waals surface area (Å²) in [5.41, 5.74) is 1.09. The fourth-order valence-electron chi connectivity index (χ4n) is 2.53. The van der Waals surface area contributed by atoms with Crippen LogP contribution in [0.15, 0.2) is 30.7 Å². The number of hydrogen-bond acceptors (Lipinski definition) is 6. The Morgan fingerprint density at radius 3 is 2.75 bits per heavy atom. The number of nitrogens with one attached hydrogen (secondary N) is 1. The molecule has 6 heteroatoms. The number of piperidine rings is 1. The van der Waals surface area contributed by atoms with E-state index in [-0.39, 0.29) is 0 Å². The molecule has 20 heavy (non-hydrogen) atoms. The fourth-order valence-corrected chi connectivity index (χ4v) is 2.53. The smallest absolute Gasteiger partial charge is 0.229 e. The Balaban J connectivity index is 1.75. The summed E-state index contributed by atoms with van der Waals surface area (Å²) in [6.45, 7) is 2.23. The zero-order valence-corrected chi connectivity index (χ0v) is 11.5. The van der Waals surface area contributed by atoms with Crippen molar-refractivity contribution in [2.45, 2.75) is 18.8 Å². The quantitative estimate of drug-likeness (QED) is 0.917. The van der Waals surface area contributed by atoms with Gasteiger partial charge in [-0.25, -0.2) is 19.9 Å². The van der Waals surface area contributed by atoms with Gasteiger partial charge in [0.15, 0.2) is 0 Å². The van der Waals surface area contributed by atoms with Crippen molar-refractivity contribution in [1.82, 2.24) is 24.8 Å². The van der Waals surface area contributed by atoms with Crippen molar-refractivity contribution in [3.05, 3.63) is 36.4 Å². The first-order chi connectivity index (χ1) is 9.81. The predicted octanol–water partition coefficient (Wildman–Crippen LogP) is 1.82. The monoisotopic (exact) mass is 270 g/mol. The minimum Gasteiger partial charge on any atom is -0.306 e. The lowest BCUT2D eigenvalue weighted by atomic mass is 9.95. The molecule has 3 heterocycles. The summed E-state index contributed by atoms with van der Waals surface area (Å²) in [4.78, 5) is 19.4. The molecular formula is C14H18N6. The van der Waals surface area contributed by atoms with E-state index in [4.69, 9.17) is 0 Å². The molecule has 0 saturated carbocycles. The highest BCUT2D eigenvalue weighted by Gasteiger charge is 2.20. The van der Waals surface area contributed by atoms with Crippen LogP contribution in [0.25, 0.3) is 0 Å². The number of anilines is 2. The summed E-state index contributed by atoms with van der Waals surface area (Å²) in [6.07, 6.45) is 7.57. The van der Waals surface area contributed by atoms with Crippen LogP contribution in [-0.4, -0.2) is 45.0 Å². The SMILES string of the molecule is CN1CCC[C@H](c2ccnc(Nc3ncccn3)n2)C1. The van der Waals surface area contributed by atoms with E-state index in [9.17, 15) is 0 Å². The largest absolute Gasteiger partial charge is 0.306 e. The van der Waals surface area contributed by atoms with Gasteiger partial charge >= 0.3 is 0 Å². The van der Waals surface area contributed by atoms with E-state index in [1.807, 2.05) is 6.07 Å². The molecule has 1 fully saturated rings. The van der Waals surface area contributed by atoms with E-state index in [1.54, 1.807) is 24.7 Å². The van der Waals surface area contributed by atoms with E-state index >= 15 is 0 Å². The first-order valence-electron chi connectivity index (χ1n) is 6.87. The highest BCUT2D eigenvalue weighted by molar-refractivity contribution is 5.41. The number of nitrogens with zero attached hydrogens (tertiary/aromatic N) is 5. The van der Waals surface area contributed by atoms with Crippen molar-refractivity contribution < 1.29 is 0 Å². The normalized spacial score (nSPS) is 19.8. The summed E-state index contributed by atoms with van der Waals surface area (Å²) in [6, 6.07) is 3.78. The number of aromatic nitrogens is 4. The second-order valence-electron chi connectivity index (χ2n) is 5.10. The second kappa shape index (κ2) is 5.92. The molecule has 0 amide bonds. The zero-order valence-electron chi connectivity index (χ0n) is 11.5. The van der Waals surface area contributed by atoms with E-state index in [2.05, 4.69) is 37.2 Å². The van der Waals surface area contributed by atoms with Crippen molar-refractivity contribution >= 4 is 11.9 Å². The third-order valence-corrected chi connectivity index (χ3v) is 3.51. The highest BCUT2D eigenvalue weighted by Crippen LogP contribution is 2.25. The molecule has 0 aromatic carbocycles. The number of rotatable bonds is 3. The first kappa shape index (κ1) is 12.9. The van der Waals surface area contributed by atoms with Gasteiger partial charge < -0.3 is 4.90 Å². The number of hydrogen-bond donors (Lipinski definition) is 1. The van der Waals surface area contributed by atoms with E-state index in [0.717, 1.165) is 12.2 Å². The van der Waals surface area contributed by atoms with E-state index < -0.39 is 0 Å². The van der Waals surface area contributed by atoms with Crippen LogP contribution in [0.3, 0.4) is 0 Å². The maximum absolute atomic E-state index is 4.60. The van der Waals surface area contributed by atoms with Crippen LogP contribution in [-0.2, 0) is 0 Å². The highest BCUT2D eigenvalue weighted by atomic mass is 15.2. The van der Waals surface area contributed by atoms with Gasteiger partial charge in [-0.1, -0.05) is 0 Å². The van der Waals surface area contributed by atoms with Gasteiger partial charge in [0.25, 0.3) is 0 Å². The van der Waals surface area contributed by atoms with Gasteiger partial charge in [-0.2, -0.15) is 0 Å². The number of likely N-dealkylation sites (N-methyl/N-ethyl adjacent to an activating group) is 1. The molecule has 2 aromatic rings. The maximum atomic E-state index is 4.60. The lowest BCUT2D eigenvalue weighted by Gasteiger charge is -2.29. The van der Waals surface area contributed by atoms with Crippen molar-refractivity contribution in [2.24, 2.45) is 0 Å². The minimum absolute atomic E-state index is 0.481. The standard InChI is InChI=1S/C14H18N6/c1-20-9-2-4-11(10-20)12-5-8-17-14(18-12)19-13-15-6-3-7-16-13/h3,5-8,11H,2,4,9-10H2,1H3,(H,15,16,17,18,19)/t11-/m0/s1. The summed E-state index contributed by atoms with van der Waals surface area (Å²) >= 11 is 0. The minimum atomic E-state index is 0.481. The van der Waals surface area contributed by atoms with E-state index in [0.29, 0.717) is 17.8 Å². The topological polar surface area (TPSA) is 66.8 Å². The van der Waals surface area contributed by atoms with Gasteiger partial charge in [0.1, 0.15) is 0 Å². The Labute approximate surface area is 118 Å². The lowest BCUT2D eigenvalue weighted by Crippen LogP contribution is -2.31. The lowest BCUT2D eigenvalue weighted by molar-refractivity contribution is 0.248. The Morgan fingerprint density at radius 1 is 1.15 bits per heavy atom. The molecule has 1 aliphatic rings. The van der Waals surface area contributed by atoms with Crippen molar-refractivity contribution in [1.29, 1.82) is 0 Å².